The van der Waals surface area contributed by atoms with Crippen molar-refractivity contribution in [2.75, 3.05) is 24.2 Å². The summed E-state index contributed by atoms with van der Waals surface area (Å²) in [5.74, 6) is -0.339. The molecule has 0 bridgehead atoms. The van der Waals surface area contributed by atoms with Gasteiger partial charge in [-0.3, -0.25) is 4.79 Å². The number of benzene rings is 1. The van der Waals surface area contributed by atoms with E-state index in [1.807, 2.05) is 6.92 Å². The maximum atomic E-state index is 12.3. The van der Waals surface area contributed by atoms with Gasteiger partial charge in [0.1, 0.15) is 0 Å². The predicted octanol–water partition coefficient (Wildman–Crippen LogP) is 2.73. The first-order chi connectivity index (χ1) is 10.4. The van der Waals surface area contributed by atoms with Gasteiger partial charge < -0.3 is 5.32 Å². The van der Waals surface area contributed by atoms with Gasteiger partial charge in [0, 0.05) is 23.8 Å². The van der Waals surface area contributed by atoms with Gasteiger partial charge in [0.05, 0.1) is 11.7 Å². The molecule has 1 aliphatic heterocycles. The lowest BCUT2D eigenvalue weighted by Crippen LogP contribution is -2.44. The largest absolute Gasteiger partial charge is 0.326 e. The fourth-order valence-electron chi connectivity index (χ4n) is 2.61. The average Bonchev–Trinajstić information content (AvgIpc) is 2.47. The summed E-state index contributed by atoms with van der Waals surface area (Å²) in [5, 5.41) is 3.36. The van der Waals surface area contributed by atoms with Crippen LogP contribution in [0.4, 0.5) is 5.69 Å². The molecule has 1 aromatic rings. The maximum Gasteiger partial charge on any atom is 0.228 e. The first kappa shape index (κ1) is 17.2. The Kier molecular flexibility index (Phi) is 5.83. The van der Waals surface area contributed by atoms with Gasteiger partial charge in [0.25, 0.3) is 0 Å². The molecule has 1 amide bonds. The number of anilines is 1. The van der Waals surface area contributed by atoms with Crippen molar-refractivity contribution in [1.82, 2.24) is 4.31 Å². The van der Waals surface area contributed by atoms with Crippen LogP contribution in [0.2, 0.25) is 5.02 Å². The van der Waals surface area contributed by atoms with E-state index in [1.54, 1.807) is 24.3 Å². The lowest BCUT2D eigenvalue weighted by Gasteiger charge is -2.31. The van der Waals surface area contributed by atoms with Crippen molar-refractivity contribution in [2.45, 2.75) is 26.2 Å². The summed E-state index contributed by atoms with van der Waals surface area (Å²) < 4.78 is 25.7. The van der Waals surface area contributed by atoms with E-state index in [0.717, 1.165) is 0 Å². The van der Waals surface area contributed by atoms with E-state index >= 15 is 0 Å². The highest BCUT2D eigenvalue weighted by atomic mass is 35.5. The van der Waals surface area contributed by atoms with Crippen molar-refractivity contribution in [1.29, 1.82) is 0 Å². The third kappa shape index (κ3) is 4.44. The van der Waals surface area contributed by atoms with Crippen molar-refractivity contribution in [3.63, 3.8) is 0 Å². The first-order valence-corrected chi connectivity index (χ1v) is 9.45. The van der Waals surface area contributed by atoms with Gasteiger partial charge >= 0.3 is 0 Å². The molecule has 0 aliphatic carbocycles. The van der Waals surface area contributed by atoms with Gasteiger partial charge in [-0.1, -0.05) is 24.6 Å². The Bertz CT molecular complexity index is 633. The van der Waals surface area contributed by atoms with Crippen molar-refractivity contribution < 1.29 is 13.2 Å². The van der Waals surface area contributed by atoms with E-state index in [1.165, 1.54) is 4.31 Å². The second kappa shape index (κ2) is 7.44. The molecular weight excluding hydrogens is 324 g/mol. The zero-order chi connectivity index (χ0) is 16.2. The molecular formula is C15H21ClN2O3S. The van der Waals surface area contributed by atoms with Crippen LogP contribution in [0.3, 0.4) is 0 Å². The predicted molar refractivity (Wildman–Crippen MR) is 88.5 cm³/mol. The Morgan fingerprint density at radius 3 is 2.91 bits per heavy atom. The maximum absolute atomic E-state index is 12.3. The van der Waals surface area contributed by atoms with Gasteiger partial charge in [-0.2, -0.15) is 0 Å². The summed E-state index contributed by atoms with van der Waals surface area (Å²) in [6, 6.07) is 6.93. The average molecular weight is 345 g/mol. The van der Waals surface area contributed by atoms with Crippen LogP contribution in [0.15, 0.2) is 24.3 Å². The van der Waals surface area contributed by atoms with Crippen LogP contribution in [0.5, 0.6) is 0 Å². The number of halogens is 1. The Hall–Kier alpha value is -1.11. The monoisotopic (exact) mass is 344 g/mol. The highest BCUT2D eigenvalue weighted by molar-refractivity contribution is 7.89. The Morgan fingerprint density at radius 1 is 1.45 bits per heavy atom. The second-order valence-electron chi connectivity index (χ2n) is 5.51. The van der Waals surface area contributed by atoms with Gasteiger partial charge in [-0.15, -0.1) is 0 Å². The molecule has 1 fully saturated rings. The topological polar surface area (TPSA) is 66.5 Å². The van der Waals surface area contributed by atoms with E-state index in [2.05, 4.69) is 5.32 Å². The molecule has 0 aromatic heterocycles. The van der Waals surface area contributed by atoms with Crippen LogP contribution in [0.25, 0.3) is 0 Å². The third-order valence-corrected chi connectivity index (χ3v) is 5.98. The van der Waals surface area contributed by atoms with Crippen molar-refractivity contribution in [3.05, 3.63) is 29.3 Å². The van der Waals surface area contributed by atoms with E-state index < -0.39 is 10.0 Å². The van der Waals surface area contributed by atoms with Crippen LogP contribution in [0, 0.1) is 5.92 Å². The molecule has 0 unspecified atom stereocenters. The van der Waals surface area contributed by atoms with Crippen molar-refractivity contribution >= 4 is 33.2 Å². The minimum Gasteiger partial charge on any atom is -0.326 e. The summed E-state index contributed by atoms with van der Waals surface area (Å²) >= 11 is 5.89. The van der Waals surface area contributed by atoms with Crippen LogP contribution >= 0.6 is 11.6 Å². The zero-order valence-corrected chi connectivity index (χ0v) is 14.2. The number of carbonyl (C=O) groups is 1. The minimum atomic E-state index is -3.25. The Morgan fingerprint density at radius 2 is 2.23 bits per heavy atom. The van der Waals surface area contributed by atoms with E-state index in [9.17, 15) is 13.2 Å². The van der Waals surface area contributed by atoms with Gasteiger partial charge in [-0.25, -0.2) is 12.7 Å². The zero-order valence-electron chi connectivity index (χ0n) is 12.6. The van der Waals surface area contributed by atoms with E-state index in [0.29, 0.717) is 36.5 Å². The molecule has 122 valence electrons. The highest BCUT2D eigenvalue weighted by Gasteiger charge is 2.31. The second-order valence-corrected chi connectivity index (χ2v) is 8.04. The molecule has 2 rings (SSSR count). The minimum absolute atomic E-state index is 0.135. The quantitative estimate of drug-likeness (QED) is 0.893. The number of hydrogen-bond donors (Lipinski definition) is 1. The Balaban J connectivity index is 2.01. The number of nitrogens with zero attached hydrogens (tertiary/aromatic N) is 1. The van der Waals surface area contributed by atoms with E-state index in [4.69, 9.17) is 11.6 Å². The van der Waals surface area contributed by atoms with Crippen LogP contribution in [0.1, 0.15) is 26.2 Å². The summed E-state index contributed by atoms with van der Waals surface area (Å²) in [6.07, 6.45) is 1.99. The fourth-order valence-corrected chi connectivity index (χ4v) is 4.39. The lowest BCUT2D eigenvalue weighted by atomic mass is 9.99. The van der Waals surface area contributed by atoms with Crippen molar-refractivity contribution in [3.8, 4) is 0 Å². The van der Waals surface area contributed by atoms with E-state index in [-0.39, 0.29) is 24.1 Å². The smallest absolute Gasteiger partial charge is 0.228 e. The number of sulfonamides is 1. The van der Waals surface area contributed by atoms with Gasteiger partial charge in [0.15, 0.2) is 0 Å². The summed E-state index contributed by atoms with van der Waals surface area (Å²) in [5.41, 5.74) is 0.631. The molecule has 1 heterocycles. The molecule has 1 N–H and O–H groups in total. The number of nitrogens with one attached hydrogen (secondary N) is 1. The lowest BCUT2D eigenvalue weighted by molar-refractivity contribution is -0.120. The van der Waals surface area contributed by atoms with Gasteiger partial charge in [0.2, 0.25) is 15.9 Å². The summed E-state index contributed by atoms with van der Waals surface area (Å²) in [4.78, 5) is 12.3. The third-order valence-electron chi connectivity index (χ3n) is 3.70. The molecule has 22 heavy (non-hydrogen) atoms. The van der Waals surface area contributed by atoms with Crippen molar-refractivity contribution in [2.24, 2.45) is 5.92 Å². The molecule has 1 saturated heterocycles. The standard InChI is InChI=1S/C15H21ClN2O3S/c1-2-9-22(20,21)18-8-4-5-12(11-18)15(19)17-14-7-3-6-13(16)10-14/h3,6-7,10,12H,2,4-5,8-9,11H2,1H3,(H,17,19)/t12-/m1/s1. The van der Waals surface area contributed by atoms with Gasteiger partial charge in [-0.05, 0) is 37.5 Å². The molecule has 5 nitrogen and oxygen atoms in total. The number of hydrogen-bond acceptors (Lipinski definition) is 3. The molecule has 0 radical (unpaired) electrons. The summed E-state index contributed by atoms with van der Waals surface area (Å²) in [7, 11) is -3.25. The highest BCUT2D eigenvalue weighted by Crippen LogP contribution is 2.22. The Labute approximate surface area is 136 Å². The van der Waals surface area contributed by atoms with Crippen LogP contribution in [-0.4, -0.2) is 37.5 Å². The molecule has 0 saturated carbocycles. The number of rotatable bonds is 5. The normalized spacial score (nSPS) is 19.8. The van der Waals surface area contributed by atoms with Crippen LogP contribution in [-0.2, 0) is 14.8 Å². The molecule has 0 spiro atoms. The SMILES string of the molecule is CCCS(=O)(=O)N1CCC[C@@H](C(=O)Nc2cccc(Cl)c2)C1. The number of carbonyl (C=O) groups excluding carboxylic acids is 1. The summed E-state index contributed by atoms with van der Waals surface area (Å²) in [6.45, 7) is 2.60. The molecule has 1 atom stereocenters. The molecule has 7 heteroatoms. The first-order valence-electron chi connectivity index (χ1n) is 7.46. The van der Waals surface area contributed by atoms with Crippen LogP contribution < -0.4 is 5.32 Å². The number of amides is 1. The molecule has 1 aromatic carbocycles. The fraction of sp³-hybridized carbons (Fsp3) is 0.533. The molecule has 1 aliphatic rings. The number of piperidine rings is 1.